The topological polar surface area (TPSA) is 60.9 Å². The molecule has 0 fully saturated rings. The summed E-state index contributed by atoms with van der Waals surface area (Å²) in [6, 6.07) is 9.28. The van der Waals surface area contributed by atoms with Crippen LogP contribution in [0.4, 0.5) is 0 Å². The molecule has 0 aliphatic heterocycles. The molecule has 4 nitrogen and oxygen atoms in total. The Kier molecular flexibility index (Phi) is 3.40. The van der Waals surface area contributed by atoms with Crippen LogP contribution >= 0.6 is 15.9 Å². The molecule has 1 heterocycles. The Balaban J connectivity index is 2.61. The molecule has 0 atom stereocenters. The second-order valence-electron chi connectivity index (χ2n) is 3.69. The van der Waals surface area contributed by atoms with E-state index in [0.717, 1.165) is 21.3 Å². The van der Waals surface area contributed by atoms with Crippen molar-refractivity contribution < 1.29 is 0 Å². The van der Waals surface area contributed by atoms with Crippen LogP contribution in [0.5, 0.6) is 0 Å². The van der Waals surface area contributed by atoms with Crippen molar-refractivity contribution in [3.8, 4) is 11.3 Å². The molecule has 0 saturated carbocycles. The molecule has 0 bridgehead atoms. The van der Waals surface area contributed by atoms with Crippen LogP contribution in [0, 0.1) is 0 Å². The summed E-state index contributed by atoms with van der Waals surface area (Å²) < 4.78 is 2.32. The van der Waals surface area contributed by atoms with Gasteiger partial charge < -0.3 is 5.73 Å². The van der Waals surface area contributed by atoms with Gasteiger partial charge in [-0.05, 0) is 17.7 Å². The predicted octanol–water partition coefficient (Wildman–Crippen LogP) is 1.67. The Morgan fingerprint density at radius 3 is 2.59 bits per heavy atom. The lowest BCUT2D eigenvalue weighted by atomic mass is 10.1. The minimum atomic E-state index is -0.147. The lowest BCUT2D eigenvalue weighted by Crippen LogP contribution is -2.21. The van der Waals surface area contributed by atoms with Gasteiger partial charge in [0.2, 0.25) is 0 Å². The van der Waals surface area contributed by atoms with Gasteiger partial charge in [0, 0.05) is 29.7 Å². The van der Waals surface area contributed by atoms with Crippen molar-refractivity contribution in [1.29, 1.82) is 0 Å². The maximum Gasteiger partial charge on any atom is 0.266 e. The Labute approximate surface area is 107 Å². The first-order valence-electron chi connectivity index (χ1n) is 5.15. The number of benzene rings is 1. The first kappa shape index (κ1) is 12.0. The first-order chi connectivity index (χ1) is 8.11. The minimum absolute atomic E-state index is 0.147. The Morgan fingerprint density at radius 2 is 2.00 bits per heavy atom. The van der Waals surface area contributed by atoms with E-state index in [-0.39, 0.29) is 5.56 Å². The fourth-order valence-corrected chi connectivity index (χ4v) is 1.85. The van der Waals surface area contributed by atoms with Crippen molar-refractivity contribution in [1.82, 2.24) is 9.78 Å². The average molecular weight is 294 g/mol. The number of nitrogens with zero attached hydrogens (tertiary/aromatic N) is 2. The lowest BCUT2D eigenvalue weighted by Gasteiger charge is -2.08. The van der Waals surface area contributed by atoms with E-state index in [1.165, 1.54) is 10.7 Å². The fourth-order valence-electron chi connectivity index (χ4n) is 1.58. The van der Waals surface area contributed by atoms with E-state index in [0.29, 0.717) is 6.54 Å². The van der Waals surface area contributed by atoms with Crippen LogP contribution in [0.1, 0.15) is 5.56 Å². The van der Waals surface area contributed by atoms with Gasteiger partial charge in [-0.1, -0.05) is 28.1 Å². The highest BCUT2D eigenvalue weighted by molar-refractivity contribution is 9.10. The molecule has 1 aromatic heterocycles. The number of rotatable bonds is 2. The third-order valence-corrected chi connectivity index (χ3v) is 3.04. The van der Waals surface area contributed by atoms with Gasteiger partial charge in [0.15, 0.2) is 0 Å². The molecule has 0 radical (unpaired) electrons. The maximum absolute atomic E-state index is 11.5. The maximum atomic E-state index is 11.5. The van der Waals surface area contributed by atoms with Crippen LogP contribution < -0.4 is 11.3 Å². The van der Waals surface area contributed by atoms with Crippen molar-refractivity contribution in [3.05, 3.63) is 50.7 Å². The summed E-state index contributed by atoms with van der Waals surface area (Å²) in [7, 11) is 1.63. The monoisotopic (exact) mass is 293 g/mol. The van der Waals surface area contributed by atoms with Crippen molar-refractivity contribution in [3.63, 3.8) is 0 Å². The zero-order valence-electron chi connectivity index (χ0n) is 9.35. The molecule has 5 heteroatoms. The largest absolute Gasteiger partial charge is 0.326 e. The molecule has 0 aliphatic carbocycles. The third kappa shape index (κ3) is 2.45. The third-order valence-electron chi connectivity index (χ3n) is 2.51. The van der Waals surface area contributed by atoms with Gasteiger partial charge in [-0.15, -0.1) is 0 Å². The molecule has 2 N–H and O–H groups in total. The Bertz CT molecular complexity index is 590. The normalized spacial score (nSPS) is 10.5. The molecule has 2 rings (SSSR count). The van der Waals surface area contributed by atoms with Gasteiger partial charge in [-0.3, -0.25) is 4.79 Å². The van der Waals surface area contributed by atoms with Gasteiger partial charge in [0.1, 0.15) is 0 Å². The molecule has 88 valence electrons. The highest BCUT2D eigenvalue weighted by Gasteiger charge is 2.08. The van der Waals surface area contributed by atoms with E-state index >= 15 is 0 Å². The van der Waals surface area contributed by atoms with Crippen molar-refractivity contribution >= 4 is 15.9 Å². The lowest BCUT2D eigenvalue weighted by molar-refractivity contribution is 0.704. The Hall–Kier alpha value is -1.46. The molecule has 0 amide bonds. The second kappa shape index (κ2) is 4.81. The van der Waals surface area contributed by atoms with Crippen molar-refractivity contribution in [2.45, 2.75) is 6.54 Å². The predicted molar refractivity (Wildman–Crippen MR) is 70.5 cm³/mol. The molecule has 0 spiro atoms. The van der Waals surface area contributed by atoms with Crippen molar-refractivity contribution in [2.24, 2.45) is 12.8 Å². The fraction of sp³-hybridized carbons (Fsp3) is 0.167. The minimum Gasteiger partial charge on any atom is -0.326 e. The molecule has 0 aliphatic rings. The van der Waals surface area contributed by atoms with Crippen LogP contribution in [-0.2, 0) is 13.6 Å². The smallest absolute Gasteiger partial charge is 0.266 e. The van der Waals surface area contributed by atoms with Gasteiger partial charge >= 0.3 is 0 Å². The molecule has 0 unspecified atom stereocenters. The number of nitrogens with two attached hydrogens (primary N) is 1. The van der Waals surface area contributed by atoms with E-state index in [2.05, 4.69) is 21.0 Å². The van der Waals surface area contributed by atoms with Crippen LogP contribution in [0.25, 0.3) is 11.3 Å². The number of aryl methyl sites for hydroxylation is 1. The summed E-state index contributed by atoms with van der Waals surface area (Å²) in [6.45, 7) is 0.300. The second-order valence-corrected chi connectivity index (χ2v) is 4.61. The zero-order valence-corrected chi connectivity index (χ0v) is 10.9. The highest BCUT2D eigenvalue weighted by atomic mass is 79.9. The van der Waals surface area contributed by atoms with E-state index in [9.17, 15) is 4.79 Å². The molecule has 1 aromatic carbocycles. The summed E-state index contributed by atoms with van der Waals surface area (Å²) in [5.41, 5.74) is 7.95. The summed E-state index contributed by atoms with van der Waals surface area (Å²) in [5.74, 6) is 0. The molecule has 17 heavy (non-hydrogen) atoms. The standard InChI is InChI=1S/C12H12BrN3O/c1-16-11(17)6-9(7-14)12(15-16)8-2-4-10(13)5-3-8/h2-6H,7,14H2,1H3. The number of hydrogen-bond donors (Lipinski definition) is 1. The summed E-state index contributed by atoms with van der Waals surface area (Å²) in [6.07, 6.45) is 0. The Morgan fingerprint density at radius 1 is 1.35 bits per heavy atom. The summed E-state index contributed by atoms with van der Waals surface area (Å²) >= 11 is 3.38. The number of aromatic nitrogens is 2. The van der Waals surface area contributed by atoms with Gasteiger partial charge in [0.25, 0.3) is 5.56 Å². The van der Waals surface area contributed by atoms with Crippen LogP contribution in [0.3, 0.4) is 0 Å². The van der Waals surface area contributed by atoms with E-state index in [1.54, 1.807) is 7.05 Å². The molecular formula is C12H12BrN3O. The molecular weight excluding hydrogens is 282 g/mol. The van der Waals surface area contributed by atoms with E-state index in [1.807, 2.05) is 24.3 Å². The van der Waals surface area contributed by atoms with Crippen LogP contribution in [0.15, 0.2) is 39.6 Å². The quantitative estimate of drug-likeness (QED) is 0.916. The van der Waals surface area contributed by atoms with Gasteiger partial charge in [0.05, 0.1) is 5.69 Å². The zero-order chi connectivity index (χ0) is 12.4. The summed E-state index contributed by atoms with van der Waals surface area (Å²) in [4.78, 5) is 11.5. The first-order valence-corrected chi connectivity index (χ1v) is 5.94. The van der Waals surface area contributed by atoms with Crippen LogP contribution in [-0.4, -0.2) is 9.78 Å². The van der Waals surface area contributed by atoms with Crippen LogP contribution in [0.2, 0.25) is 0 Å². The van der Waals surface area contributed by atoms with E-state index in [4.69, 9.17) is 5.73 Å². The average Bonchev–Trinajstić information content (AvgIpc) is 2.33. The summed E-state index contributed by atoms with van der Waals surface area (Å²) in [5, 5.41) is 4.25. The number of hydrogen-bond acceptors (Lipinski definition) is 3. The van der Waals surface area contributed by atoms with E-state index < -0.39 is 0 Å². The van der Waals surface area contributed by atoms with Crippen molar-refractivity contribution in [2.75, 3.05) is 0 Å². The van der Waals surface area contributed by atoms with Gasteiger partial charge in [-0.25, -0.2) is 4.68 Å². The molecule has 2 aromatic rings. The molecule has 0 saturated heterocycles. The number of halogens is 1. The van der Waals surface area contributed by atoms with Gasteiger partial charge in [-0.2, -0.15) is 5.10 Å². The highest BCUT2D eigenvalue weighted by Crippen LogP contribution is 2.21. The SMILES string of the molecule is Cn1nc(-c2ccc(Br)cc2)c(CN)cc1=O.